The maximum Gasteiger partial charge on any atom is 0.338 e. The molecule has 18 heavy (non-hydrogen) atoms. The van der Waals surface area contributed by atoms with E-state index in [1.807, 2.05) is 0 Å². The minimum absolute atomic E-state index is 0.157. The molecular formula is C13H15F2NO2. The van der Waals surface area contributed by atoms with E-state index in [-0.39, 0.29) is 5.69 Å². The molecule has 0 radical (unpaired) electrons. The summed E-state index contributed by atoms with van der Waals surface area (Å²) in [6.45, 7) is 3.40. The van der Waals surface area contributed by atoms with Crippen LogP contribution in [0.1, 0.15) is 30.1 Å². The number of nitrogens with zero attached hydrogens (tertiary/aromatic N) is 1. The Hall–Kier alpha value is -1.65. The van der Waals surface area contributed by atoms with Crippen LogP contribution in [-0.4, -0.2) is 24.2 Å². The number of halogens is 2. The lowest BCUT2D eigenvalue weighted by molar-refractivity contribution is 0.0690. The molecule has 0 aliphatic carbocycles. The number of hydrogen-bond donors (Lipinski definition) is 1. The van der Waals surface area contributed by atoms with Crippen molar-refractivity contribution >= 4 is 11.7 Å². The fourth-order valence-corrected chi connectivity index (χ4v) is 2.36. The van der Waals surface area contributed by atoms with Gasteiger partial charge < -0.3 is 10.0 Å². The first-order valence-electron chi connectivity index (χ1n) is 5.97. The van der Waals surface area contributed by atoms with Crippen molar-refractivity contribution < 1.29 is 18.7 Å². The van der Waals surface area contributed by atoms with Gasteiger partial charge in [0, 0.05) is 13.1 Å². The van der Waals surface area contributed by atoms with E-state index in [9.17, 15) is 13.6 Å². The van der Waals surface area contributed by atoms with E-state index in [0.717, 1.165) is 18.9 Å². The molecule has 1 N–H and O–H groups in total. The van der Waals surface area contributed by atoms with Crippen molar-refractivity contribution in [2.45, 2.75) is 19.8 Å². The Morgan fingerprint density at radius 1 is 1.39 bits per heavy atom. The van der Waals surface area contributed by atoms with Gasteiger partial charge in [-0.05, 0) is 30.9 Å². The zero-order chi connectivity index (χ0) is 13.3. The summed E-state index contributed by atoms with van der Waals surface area (Å²) < 4.78 is 27.4. The van der Waals surface area contributed by atoms with E-state index in [1.54, 1.807) is 4.90 Å². The minimum atomic E-state index is -1.45. The second kappa shape index (κ2) is 4.92. The number of rotatable bonds is 2. The number of carbonyl (C=O) groups is 1. The number of carboxylic acid groups (broad SMARTS) is 1. The van der Waals surface area contributed by atoms with Crippen LogP contribution in [0.15, 0.2) is 12.1 Å². The molecule has 0 amide bonds. The molecular weight excluding hydrogens is 240 g/mol. The first-order valence-corrected chi connectivity index (χ1v) is 5.97. The third-order valence-corrected chi connectivity index (χ3v) is 3.29. The van der Waals surface area contributed by atoms with Crippen molar-refractivity contribution in [1.29, 1.82) is 0 Å². The van der Waals surface area contributed by atoms with Crippen LogP contribution in [0, 0.1) is 17.6 Å². The summed E-state index contributed by atoms with van der Waals surface area (Å²) in [5.74, 6) is -3.37. The molecule has 2 rings (SSSR count). The Labute approximate surface area is 104 Å². The molecule has 1 aliphatic rings. The summed E-state index contributed by atoms with van der Waals surface area (Å²) in [5.41, 5.74) is -0.467. The SMILES string of the molecule is CC1CCCN(c2ccc(C(=O)O)c(F)c2F)C1. The fraction of sp³-hybridized carbons (Fsp3) is 0.462. The van der Waals surface area contributed by atoms with Crippen LogP contribution in [0.3, 0.4) is 0 Å². The Kier molecular flexibility index (Phi) is 3.50. The van der Waals surface area contributed by atoms with Gasteiger partial charge in [0.15, 0.2) is 11.6 Å². The van der Waals surface area contributed by atoms with E-state index < -0.39 is 23.2 Å². The summed E-state index contributed by atoms with van der Waals surface area (Å²) in [5, 5.41) is 8.71. The first kappa shape index (κ1) is 12.8. The molecule has 1 aliphatic heterocycles. The zero-order valence-electron chi connectivity index (χ0n) is 10.1. The van der Waals surface area contributed by atoms with Crippen molar-refractivity contribution in [3.05, 3.63) is 29.3 Å². The Bertz CT molecular complexity index is 476. The average molecular weight is 255 g/mol. The van der Waals surface area contributed by atoms with Gasteiger partial charge in [-0.1, -0.05) is 6.92 Å². The van der Waals surface area contributed by atoms with Crippen LogP contribution in [0.4, 0.5) is 14.5 Å². The van der Waals surface area contributed by atoms with E-state index in [4.69, 9.17) is 5.11 Å². The number of aromatic carboxylic acids is 1. The maximum absolute atomic E-state index is 13.9. The zero-order valence-corrected chi connectivity index (χ0v) is 10.1. The van der Waals surface area contributed by atoms with E-state index >= 15 is 0 Å². The summed E-state index contributed by atoms with van der Waals surface area (Å²) in [6, 6.07) is 2.47. The van der Waals surface area contributed by atoms with Crippen molar-refractivity contribution in [2.75, 3.05) is 18.0 Å². The maximum atomic E-state index is 13.9. The smallest absolute Gasteiger partial charge is 0.338 e. The summed E-state index contributed by atoms with van der Waals surface area (Å²) in [4.78, 5) is 12.5. The number of hydrogen-bond acceptors (Lipinski definition) is 2. The number of anilines is 1. The van der Waals surface area contributed by atoms with E-state index in [1.165, 1.54) is 6.07 Å². The predicted octanol–water partition coefficient (Wildman–Crippen LogP) is 2.90. The highest BCUT2D eigenvalue weighted by atomic mass is 19.2. The molecule has 0 bridgehead atoms. The number of benzene rings is 1. The first-order chi connectivity index (χ1) is 8.50. The topological polar surface area (TPSA) is 40.5 Å². The lowest BCUT2D eigenvalue weighted by Crippen LogP contribution is -2.35. The van der Waals surface area contributed by atoms with Crippen molar-refractivity contribution in [2.24, 2.45) is 5.92 Å². The lowest BCUT2D eigenvalue weighted by Gasteiger charge is -2.33. The Morgan fingerprint density at radius 2 is 2.11 bits per heavy atom. The quantitative estimate of drug-likeness (QED) is 0.883. The van der Waals surface area contributed by atoms with Gasteiger partial charge in [-0.15, -0.1) is 0 Å². The van der Waals surface area contributed by atoms with Crippen LogP contribution in [-0.2, 0) is 0 Å². The normalized spacial score (nSPS) is 19.9. The molecule has 0 aromatic heterocycles. The van der Waals surface area contributed by atoms with E-state index in [0.29, 0.717) is 19.0 Å². The third kappa shape index (κ3) is 2.30. The highest BCUT2D eigenvalue weighted by Crippen LogP contribution is 2.28. The number of carboxylic acids is 1. The molecule has 1 aromatic carbocycles. The van der Waals surface area contributed by atoms with Gasteiger partial charge in [-0.25, -0.2) is 13.6 Å². The van der Waals surface area contributed by atoms with Gasteiger partial charge >= 0.3 is 5.97 Å². The third-order valence-electron chi connectivity index (χ3n) is 3.29. The molecule has 3 nitrogen and oxygen atoms in total. The van der Waals surface area contributed by atoms with Gasteiger partial charge in [0.1, 0.15) is 0 Å². The molecule has 98 valence electrons. The van der Waals surface area contributed by atoms with Crippen LogP contribution >= 0.6 is 0 Å². The molecule has 1 saturated heterocycles. The predicted molar refractivity (Wildman–Crippen MR) is 63.9 cm³/mol. The van der Waals surface area contributed by atoms with Crippen molar-refractivity contribution in [1.82, 2.24) is 0 Å². The van der Waals surface area contributed by atoms with Crippen molar-refractivity contribution in [3.63, 3.8) is 0 Å². The monoisotopic (exact) mass is 255 g/mol. The van der Waals surface area contributed by atoms with E-state index in [2.05, 4.69) is 6.92 Å². The summed E-state index contributed by atoms with van der Waals surface area (Å²) >= 11 is 0. The minimum Gasteiger partial charge on any atom is -0.478 e. The highest BCUT2D eigenvalue weighted by Gasteiger charge is 2.24. The molecule has 1 atom stereocenters. The van der Waals surface area contributed by atoms with Gasteiger partial charge in [-0.3, -0.25) is 0 Å². The molecule has 1 aromatic rings. The summed E-state index contributed by atoms with van der Waals surface area (Å²) in [7, 11) is 0. The molecule has 1 unspecified atom stereocenters. The van der Waals surface area contributed by atoms with Crippen LogP contribution in [0.2, 0.25) is 0 Å². The average Bonchev–Trinajstić information content (AvgIpc) is 2.32. The molecule has 1 fully saturated rings. The Balaban J connectivity index is 2.34. The van der Waals surface area contributed by atoms with Gasteiger partial charge in [0.2, 0.25) is 0 Å². The Morgan fingerprint density at radius 3 is 2.72 bits per heavy atom. The van der Waals surface area contributed by atoms with Crippen LogP contribution in [0.25, 0.3) is 0 Å². The second-order valence-corrected chi connectivity index (χ2v) is 4.76. The molecule has 1 heterocycles. The van der Waals surface area contributed by atoms with Gasteiger partial charge in [0.25, 0.3) is 0 Å². The fourth-order valence-electron chi connectivity index (χ4n) is 2.36. The lowest BCUT2D eigenvalue weighted by atomic mass is 9.99. The van der Waals surface area contributed by atoms with Gasteiger partial charge in [0.05, 0.1) is 11.3 Å². The molecule has 0 spiro atoms. The van der Waals surface area contributed by atoms with Crippen LogP contribution < -0.4 is 4.90 Å². The standard InChI is InChI=1S/C13H15F2NO2/c1-8-3-2-6-16(7-8)10-5-4-9(13(17)18)11(14)12(10)15/h4-5,8H,2-3,6-7H2,1H3,(H,17,18). The summed E-state index contributed by atoms with van der Waals surface area (Å²) in [6.07, 6.45) is 2.01. The van der Waals surface area contributed by atoms with Gasteiger partial charge in [-0.2, -0.15) is 0 Å². The van der Waals surface area contributed by atoms with Crippen LogP contribution in [0.5, 0.6) is 0 Å². The van der Waals surface area contributed by atoms with Crippen molar-refractivity contribution in [3.8, 4) is 0 Å². The largest absolute Gasteiger partial charge is 0.478 e. The molecule has 0 saturated carbocycles. The highest BCUT2D eigenvalue weighted by molar-refractivity contribution is 5.88. The number of piperidine rings is 1. The molecule has 5 heteroatoms. The second-order valence-electron chi connectivity index (χ2n) is 4.76.